The maximum atomic E-state index is 13.1. The lowest BCUT2D eigenvalue weighted by Crippen LogP contribution is -2.24. The standard InChI is InChI=1S/C11H16FNO2.ClH/c1-14-8-6-13-7-9-15-11-5-3-2-4-10(11)12;/h2-5,13H,6-9H2,1H3;1H. The second kappa shape index (κ2) is 9.39. The van der Waals surface area contributed by atoms with Crippen molar-refractivity contribution >= 4 is 12.4 Å². The van der Waals surface area contributed by atoms with E-state index in [0.29, 0.717) is 25.5 Å². The van der Waals surface area contributed by atoms with Crippen LogP contribution in [0, 0.1) is 5.82 Å². The van der Waals surface area contributed by atoms with E-state index in [1.165, 1.54) is 6.07 Å². The summed E-state index contributed by atoms with van der Waals surface area (Å²) in [6.07, 6.45) is 0. The molecule has 3 nitrogen and oxygen atoms in total. The van der Waals surface area contributed by atoms with E-state index in [9.17, 15) is 4.39 Å². The zero-order valence-electron chi connectivity index (χ0n) is 9.24. The summed E-state index contributed by atoms with van der Waals surface area (Å²) < 4.78 is 23.2. The molecule has 0 amide bonds. The zero-order valence-corrected chi connectivity index (χ0v) is 10.1. The molecule has 0 aliphatic heterocycles. The molecule has 0 bridgehead atoms. The lowest BCUT2D eigenvalue weighted by Gasteiger charge is -2.07. The number of rotatable bonds is 7. The van der Waals surface area contributed by atoms with Gasteiger partial charge in [-0.15, -0.1) is 12.4 Å². The highest BCUT2D eigenvalue weighted by Gasteiger charge is 1.99. The molecule has 1 N–H and O–H groups in total. The van der Waals surface area contributed by atoms with Gasteiger partial charge in [-0.05, 0) is 12.1 Å². The largest absolute Gasteiger partial charge is 0.489 e. The molecule has 0 aliphatic rings. The molecule has 0 spiro atoms. The fraction of sp³-hybridized carbons (Fsp3) is 0.455. The topological polar surface area (TPSA) is 30.5 Å². The molecule has 16 heavy (non-hydrogen) atoms. The summed E-state index contributed by atoms with van der Waals surface area (Å²) in [7, 11) is 1.65. The Morgan fingerprint density at radius 2 is 1.88 bits per heavy atom. The van der Waals surface area contributed by atoms with Gasteiger partial charge in [0.2, 0.25) is 0 Å². The van der Waals surface area contributed by atoms with Gasteiger partial charge in [0.1, 0.15) is 6.61 Å². The van der Waals surface area contributed by atoms with Crippen molar-refractivity contribution in [2.75, 3.05) is 33.4 Å². The van der Waals surface area contributed by atoms with Crippen molar-refractivity contribution in [1.29, 1.82) is 0 Å². The van der Waals surface area contributed by atoms with E-state index in [-0.39, 0.29) is 18.2 Å². The number of nitrogens with one attached hydrogen (secondary N) is 1. The second-order valence-electron chi connectivity index (χ2n) is 3.02. The first kappa shape index (κ1) is 15.2. The van der Waals surface area contributed by atoms with E-state index >= 15 is 0 Å². The predicted octanol–water partition coefficient (Wildman–Crippen LogP) is 1.86. The van der Waals surface area contributed by atoms with Gasteiger partial charge in [0.05, 0.1) is 6.61 Å². The number of halogens is 2. The van der Waals surface area contributed by atoms with E-state index in [0.717, 1.165) is 6.54 Å². The summed E-state index contributed by atoms with van der Waals surface area (Å²) in [6, 6.07) is 6.38. The molecule has 1 rings (SSSR count). The Balaban J connectivity index is 0.00000225. The maximum Gasteiger partial charge on any atom is 0.165 e. The molecule has 0 saturated heterocycles. The Kier molecular flexibility index (Phi) is 8.90. The van der Waals surface area contributed by atoms with Crippen molar-refractivity contribution in [2.24, 2.45) is 0 Å². The smallest absolute Gasteiger partial charge is 0.165 e. The predicted molar refractivity (Wildman–Crippen MR) is 63.9 cm³/mol. The van der Waals surface area contributed by atoms with Crippen LogP contribution in [-0.2, 0) is 4.74 Å². The van der Waals surface area contributed by atoms with Crippen LogP contribution in [0.1, 0.15) is 0 Å². The molecule has 5 heteroatoms. The average molecular weight is 250 g/mol. The van der Waals surface area contributed by atoms with Gasteiger partial charge in [0, 0.05) is 20.2 Å². The minimum atomic E-state index is -0.325. The Hall–Kier alpha value is -0.840. The quantitative estimate of drug-likeness (QED) is 0.749. The number of hydrogen-bond donors (Lipinski definition) is 1. The van der Waals surface area contributed by atoms with Crippen molar-refractivity contribution in [1.82, 2.24) is 5.32 Å². The normalized spacial score (nSPS) is 9.62. The zero-order chi connectivity index (χ0) is 10.9. The van der Waals surface area contributed by atoms with Crippen molar-refractivity contribution in [3.05, 3.63) is 30.1 Å². The lowest BCUT2D eigenvalue weighted by atomic mass is 10.3. The first-order valence-electron chi connectivity index (χ1n) is 4.91. The van der Waals surface area contributed by atoms with E-state index < -0.39 is 0 Å². The van der Waals surface area contributed by atoms with Crippen LogP contribution in [0.15, 0.2) is 24.3 Å². The molecule has 92 valence electrons. The highest BCUT2D eigenvalue weighted by molar-refractivity contribution is 5.85. The molecule has 0 unspecified atom stereocenters. The van der Waals surface area contributed by atoms with Crippen LogP contribution in [0.25, 0.3) is 0 Å². The van der Waals surface area contributed by atoms with Crippen LogP contribution in [0.4, 0.5) is 4.39 Å². The molecule has 1 aromatic rings. The van der Waals surface area contributed by atoms with Crippen molar-refractivity contribution < 1.29 is 13.9 Å². The summed E-state index contributed by atoms with van der Waals surface area (Å²) >= 11 is 0. The third-order valence-electron chi connectivity index (χ3n) is 1.86. The highest BCUT2D eigenvalue weighted by Crippen LogP contribution is 2.14. The van der Waals surface area contributed by atoms with Crippen LogP contribution in [0.2, 0.25) is 0 Å². The van der Waals surface area contributed by atoms with Crippen molar-refractivity contribution in [3.63, 3.8) is 0 Å². The molecule has 0 radical (unpaired) electrons. The minimum absolute atomic E-state index is 0. The summed E-state index contributed by atoms with van der Waals surface area (Å²) in [5, 5.41) is 3.10. The summed E-state index contributed by atoms with van der Waals surface area (Å²) in [5.74, 6) is -0.0274. The second-order valence-corrected chi connectivity index (χ2v) is 3.02. The van der Waals surface area contributed by atoms with Crippen LogP contribution in [-0.4, -0.2) is 33.4 Å². The number of para-hydroxylation sites is 1. The Labute approximate surface area is 101 Å². The fourth-order valence-corrected chi connectivity index (χ4v) is 1.09. The lowest BCUT2D eigenvalue weighted by molar-refractivity contribution is 0.196. The minimum Gasteiger partial charge on any atom is -0.489 e. The van der Waals surface area contributed by atoms with Gasteiger partial charge in [0.25, 0.3) is 0 Å². The molecule has 0 saturated carbocycles. The molecule has 0 heterocycles. The third kappa shape index (κ3) is 5.90. The van der Waals surface area contributed by atoms with Crippen LogP contribution in [0.3, 0.4) is 0 Å². The highest BCUT2D eigenvalue weighted by atomic mass is 35.5. The average Bonchev–Trinajstić information content (AvgIpc) is 2.25. The number of benzene rings is 1. The summed E-state index contributed by atoms with van der Waals surface area (Å²) in [5.41, 5.74) is 0. The third-order valence-corrected chi connectivity index (χ3v) is 1.86. The van der Waals surface area contributed by atoms with E-state index in [1.807, 2.05) is 0 Å². The molecule has 1 aromatic carbocycles. The van der Waals surface area contributed by atoms with Gasteiger partial charge in [-0.3, -0.25) is 0 Å². The van der Waals surface area contributed by atoms with Crippen molar-refractivity contribution in [3.8, 4) is 5.75 Å². The van der Waals surface area contributed by atoms with Crippen LogP contribution >= 0.6 is 12.4 Å². The Morgan fingerprint density at radius 3 is 2.56 bits per heavy atom. The Morgan fingerprint density at radius 1 is 1.19 bits per heavy atom. The molecule has 0 fully saturated rings. The fourth-order valence-electron chi connectivity index (χ4n) is 1.09. The molecule has 0 atom stereocenters. The van der Waals surface area contributed by atoms with Crippen LogP contribution < -0.4 is 10.1 Å². The molecule has 0 aromatic heterocycles. The summed E-state index contributed by atoms with van der Waals surface area (Å²) in [4.78, 5) is 0. The van der Waals surface area contributed by atoms with Gasteiger partial charge in [-0.25, -0.2) is 4.39 Å². The number of methoxy groups -OCH3 is 1. The van der Waals surface area contributed by atoms with E-state index in [4.69, 9.17) is 9.47 Å². The molecular formula is C11H17ClFNO2. The monoisotopic (exact) mass is 249 g/mol. The molecule has 0 aliphatic carbocycles. The number of hydrogen-bond acceptors (Lipinski definition) is 3. The van der Waals surface area contributed by atoms with E-state index in [2.05, 4.69) is 5.32 Å². The van der Waals surface area contributed by atoms with Crippen LogP contribution in [0.5, 0.6) is 5.75 Å². The van der Waals surface area contributed by atoms with E-state index in [1.54, 1.807) is 25.3 Å². The maximum absolute atomic E-state index is 13.1. The first-order valence-corrected chi connectivity index (χ1v) is 4.91. The first-order chi connectivity index (χ1) is 7.34. The van der Waals surface area contributed by atoms with Gasteiger partial charge in [0.15, 0.2) is 11.6 Å². The van der Waals surface area contributed by atoms with Gasteiger partial charge >= 0.3 is 0 Å². The Bertz CT molecular complexity index is 286. The van der Waals surface area contributed by atoms with Gasteiger partial charge < -0.3 is 14.8 Å². The van der Waals surface area contributed by atoms with Crippen molar-refractivity contribution in [2.45, 2.75) is 0 Å². The van der Waals surface area contributed by atoms with Gasteiger partial charge in [-0.1, -0.05) is 12.1 Å². The summed E-state index contributed by atoms with van der Waals surface area (Å²) in [6.45, 7) is 2.57. The SMILES string of the molecule is COCCNCCOc1ccccc1F.Cl. The number of ether oxygens (including phenoxy) is 2. The molecular weight excluding hydrogens is 233 g/mol. The van der Waals surface area contributed by atoms with Gasteiger partial charge in [-0.2, -0.15) is 0 Å².